The average molecular weight is 581 g/mol. The molecule has 1 N–H and O–H groups in total. The number of nitrogens with one attached hydrogen (secondary N) is 1. The van der Waals surface area contributed by atoms with Gasteiger partial charge < -0.3 is 5.32 Å². The van der Waals surface area contributed by atoms with E-state index in [0.717, 1.165) is 12.1 Å². The Morgan fingerprint density at radius 1 is 0.825 bits per heavy atom. The van der Waals surface area contributed by atoms with Gasteiger partial charge in [0.2, 0.25) is 0 Å². The first-order chi connectivity index (χ1) is 18.7. The Bertz CT molecular complexity index is 1520. The Morgan fingerprint density at radius 3 is 2.08 bits per heavy atom. The van der Waals surface area contributed by atoms with Gasteiger partial charge >= 0.3 is 12.4 Å². The third-order valence-corrected chi connectivity index (χ3v) is 6.66. The topological polar surface area (TPSA) is 42.0 Å². The Kier molecular flexibility index (Phi) is 7.94. The summed E-state index contributed by atoms with van der Waals surface area (Å²) in [6, 6.07) is 16.5. The maximum atomic E-state index is 14.0. The second-order valence-electron chi connectivity index (χ2n) is 9.05. The van der Waals surface area contributed by atoms with Crippen LogP contribution in [0.3, 0.4) is 0 Å². The van der Waals surface area contributed by atoms with Gasteiger partial charge in [0, 0.05) is 18.2 Å². The number of benzene rings is 3. The van der Waals surface area contributed by atoms with Crippen LogP contribution < -0.4 is 5.32 Å². The third kappa shape index (κ3) is 5.96. The van der Waals surface area contributed by atoms with Crippen molar-refractivity contribution in [1.82, 2.24) is 10.3 Å². The van der Waals surface area contributed by atoms with E-state index in [2.05, 4.69) is 10.3 Å². The fraction of sp³-hybridized carbons (Fsp3) is 0.172. The van der Waals surface area contributed by atoms with E-state index in [1.807, 2.05) is 0 Å². The molecule has 40 heavy (non-hydrogen) atoms. The molecule has 0 fully saturated rings. The quantitative estimate of drug-likeness (QED) is 0.234. The number of rotatable bonds is 6. The lowest BCUT2D eigenvalue weighted by atomic mass is 9.77. The standard InChI is InChI=1S/C29H20ClF7N2O/c1-17-21(8-5-9-22(17)28(32,33)34)27(15-18-6-3-2-4-7-18,25-13-11-20(30)16-38-25)39-26(40)19-10-12-24(31)23(14-19)29(35,36)37/h2-14,16H,15H2,1H3,(H,39,40)/t27-/m0/s1. The summed E-state index contributed by atoms with van der Waals surface area (Å²) in [6.45, 7) is 1.24. The van der Waals surface area contributed by atoms with E-state index in [1.54, 1.807) is 30.3 Å². The highest BCUT2D eigenvalue weighted by atomic mass is 35.5. The molecule has 0 aliphatic rings. The van der Waals surface area contributed by atoms with Gasteiger partial charge in [-0.25, -0.2) is 4.39 Å². The van der Waals surface area contributed by atoms with Crippen LogP contribution >= 0.6 is 11.6 Å². The van der Waals surface area contributed by atoms with Crippen molar-refractivity contribution in [2.45, 2.75) is 31.2 Å². The number of nitrogens with zero attached hydrogens (tertiary/aromatic N) is 1. The summed E-state index contributed by atoms with van der Waals surface area (Å²) in [6.07, 6.45) is -8.72. The number of aromatic nitrogens is 1. The molecular weight excluding hydrogens is 561 g/mol. The number of carbonyl (C=O) groups excluding carboxylic acids is 1. The van der Waals surface area contributed by atoms with E-state index >= 15 is 0 Å². The summed E-state index contributed by atoms with van der Waals surface area (Å²) in [5.74, 6) is -2.66. The summed E-state index contributed by atoms with van der Waals surface area (Å²) in [4.78, 5) is 17.9. The van der Waals surface area contributed by atoms with Crippen LogP contribution in [0.2, 0.25) is 5.02 Å². The molecule has 11 heteroatoms. The van der Waals surface area contributed by atoms with Gasteiger partial charge in [-0.05, 0) is 60.0 Å². The molecule has 3 aromatic carbocycles. The fourth-order valence-electron chi connectivity index (χ4n) is 4.58. The molecule has 4 rings (SSSR count). The number of halogens is 8. The van der Waals surface area contributed by atoms with Crippen molar-refractivity contribution < 1.29 is 35.5 Å². The summed E-state index contributed by atoms with van der Waals surface area (Å²) >= 11 is 6.02. The van der Waals surface area contributed by atoms with Crippen molar-refractivity contribution >= 4 is 17.5 Å². The predicted molar refractivity (Wildman–Crippen MR) is 135 cm³/mol. The molecular formula is C29H20ClF7N2O. The Hall–Kier alpha value is -3.92. The highest BCUT2D eigenvalue weighted by Crippen LogP contribution is 2.40. The smallest absolute Gasteiger partial charge is 0.337 e. The monoisotopic (exact) mass is 580 g/mol. The zero-order chi connectivity index (χ0) is 29.3. The Labute approximate surface area is 229 Å². The molecule has 1 atom stereocenters. The molecule has 1 amide bonds. The van der Waals surface area contributed by atoms with Gasteiger partial charge in [-0.15, -0.1) is 0 Å². The lowest BCUT2D eigenvalue weighted by molar-refractivity contribution is -0.140. The van der Waals surface area contributed by atoms with Crippen LogP contribution in [0.5, 0.6) is 0 Å². The first kappa shape index (κ1) is 29.1. The van der Waals surface area contributed by atoms with Crippen molar-refractivity contribution in [2.75, 3.05) is 0 Å². The maximum Gasteiger partial charge on any atom is 0.419 e. The number of carbonyl (C=O) groups is 1. The molecule has 0 aliphatic carbocycles. The number of alkyl halides is 6. The van der Waals surface area contributed by atoms with E-state index in [1.165, 1.54) is 37.4 Å². The molecule has 0 unspecified atom stereocenters. The summed E-state index contributed by atoms with van der Waals surface area (Å²) < 4.78 is 96.0. The van der Waals surface area contributed by atoms with Gasteiger partial charge in [0.25, 0.3) is 5.91 Å². The van der Waals surface area contributed by atoms with Crippen molar-refractivity contribution in [3.63, 3.8) is 0 Å². The van der Waals surface area contributed by atoms with Crippen LogP contribution in [0, 0.1) is 12.7 Å². The summed E-state index contributed by atoms with van der Waals surface area (Å²) in [5.41, 5.74) is -4.56. The molecule has 1 heterocycles. The minimum absolute atomic E-state index is 0.00695. The first-order valence-electron chi connectivity index (χ1n) is 11.7. The molecule has 208 valence electrons. The molecule has 3 nitrogen and oxygen atoms in total. The highest BCUT2D eigenvalue weighted by Gasteiger charge is 2.43. The zero-order valence-corrected chi connectivity index (χ0v) is 21.4. The Balaban J connectivity index is 1.99. The van der Waals surface area contributed by atoms with E-state index in [-0.39, 0.29) is 28.3 Å². The molecule has 0 saturated carbocycles. The predicted octanol–water partition coefficient (Wildman–Crippen LogP) is 8.14. The molecule has 0 saturated heterocycles. The fourth-order valence-corrected chi connectivity index (χ4v) is 4.70. The summed E-state index contributed by atoms with van der Waals surface area (Å²) in [7, 11) is 0. The molecule has 0 aliphatic heterocycles. The van der Waals surface area contributed by atoms with Gasteiger partial charge in [-0.1, -0.05) is 54.1 Å². The second-order valence-corrected chi connectivity index (χ2v) is 9.49. The van der Waals surface area contributed by atoms with Gasteiger partial charge in [0.15, 0.2) is 0 Å². The zero-order valence-electron chi connectivity index (χ0n) is 20.7. The van der Waals surface area contributed by atoms with Crippen LogP contribution in [-0.2, 0) is 24.3 Å². The average Bonchev–Trinajstić information content (AvgIpc) is 2.88. The van der Waals surface area contributed by atoms with E-state index in [0.29, 0.717) is 17.7 Å². The maximum absolute atomic E-state index is 14.0. The minimum Gasteiger partial charge on any atom is -0.337 e. The van der Waals surface area contributed by atoms with Crippen LogP contribution in [-0.4, -0.2) is 10.9 Å². The van der Waals surface area contributed by atoms with Crippen LogP contribution in [0.1, 0.15) is 43.9 Å². The van der Waals surface area contributed by atoms with Gasteiger partial charge in [0.1, 0.15) is 11.4 Å². The van der Waals surface area contributed by atoms with Crippen molar-refractivity contribution in [1.29, 1.82) is 0 Å². The molecule has 0 bridgehead atoms. The normalized spacial score (nSPS) is 13.5. The van der Waals surface area contributed by atoms with Crippen molar-refractivity contribution in [3.8, 4) is 0 Å². The van der Waals surface area contributed by atoms with Crippen LogP contribution in [0.15, 0.2) is 85.1 Å². The van der Waals surface area contributed by atoms with Crippen molar-refractivity contribution in [2.24, 2.45) is 0 Å². The largest absolute Gasteiger partial charge is 0.419 e. The first-order valence-corrected chi connectivity index (χ1v) is 12.1. The highest BCUT2D eigenvalue weighted by molar-refractivity contribution is 6.30. The van der Waals surface area contributed by atoms with Crippen LogP contribution in [0.4, 0.5) is 30.7 Å². The lowest BCUT2D eigenvalue weighted by Gasteiger charge is -2.37. The molecule has 4 aromatic rings. The molecule has 0 spiro atoms. The number of amides is 1. The molecule has 1 aromatic heterocycles. The second kappa shape index (κ2) is 10.9. The Morgan fingerprint density at radius 2 is 1.48 bits per heavy atom. The minimum atomic E-state index is -5.09. The van der Waals surface area contributed by atoms with Crippen molar-refractivity contribution in [3.05, 3.63) is 135 Å². The van der Waals surface area contributed by atoms with E-state index in [9.17, 15) is 35.5 Å². The number of pyridine rings is 1. The lowest BCUT2D eigenvalue weighted by Crippen LogP contribution is -2.50. The third-order valence-electron chi connectivity index (χ3n) is 6.44. The van der Waals surface area contributed by atoms with Gasteiger partial charge in [0.05, 0.1) is 21.8 Å². The van der Waals surface area contributed by atoms with E-state index in [4.69, 9.17) is 11.6 Å². The van der Waals surface area contributed by atoms with Gasteiger partial charge in [-0.3, -0.25) is 9.78 Å². The molecule has 0 radical (unpaired) electrons. The van der Waals surface area contributed by atoms with Gasteiger partial charge in [-0.2, -0.15) is 26.3 Å². The van der Waals surface area contributed by atoms with Crippen LogP contribution in [0.25, 0.3) is 0 Å². The number of hydrogen-bond donors (Lipinski definition) is 1. The number of hydrogen-bond acceptors (Lipinski definition) is 2. The summed E-state index contributed by atoms with van der Waals surface area (Å²) in [5, 5.41) is 2.87. The SMILES string of the molecule is Cc1c(C(F)(F)F)cccc1[C@](Cc1ccccc1)(NC(=O)c1ccc(F)c(C(F)(F)F)c1)c1ccc(Cl)cn1. The van der Waals surface area contributed by atoms with E-state index < -0.39 is 46.3 Å².